The minimum atomic E-state index is -3.69. The number of hydrogen-bond acceptors (Lipinski definition) is 4. The monoisotopic (exact) mass is 376 g/mol. The van der Waals surface area contributed by atoms with E-state index in [1.807, 2.05) is 6.92 Å². The van der Waals surface area contributed by atoms with Gasteiger partial charge in [-0.15, -0.1) is 0 Å². The number of rotatable bonds is 6. The molecule has 0 aliphatic rings. The third kappa shape index (κ3) is 3.88. The minimum absolute atomic E-state index is 0.0144. The molecule has 1 aromatic carbocycles. The summed E-state index contributed by atoms with van der Waals surface area (Å²) in [6.07, 6.45) is 0. The zero-order valence-corrected chi connectivity index (χ0v) is 15.5. The third-order valence-corrected chi connectivity index (χ3v) is 5.86. The molecule has 0 aliphatic heterocycles. The molecule has 0 spiro atoms. The Morgan fingerprint density at radius 1 is 1.22 bits per heavy atom. The van der Waals surface area contributed by atoms with Crippen molar-refractivity contribution < 1.29 is 13.2 Å². The Morgan fingerprint density at radius 2 is 1.83 bits per heavy atom. The molecule has 0 fully saturated rings. The number of ether oxygens (including phenoxy) is 1. The van der Waals surface area contributed by atoms with Crippen molar-refractivity contribution in [3.8, 4) is 0 Å². The molecule has 0 saturated heterocycles. The number of aromatic nitrogens is 2. The first-order chi connectivity index (χ1) is 10.8. The summed E-state index contributed by atoms with van der Waals surface area (Å²) in [6, 6.07) is 4.91. The molecule has 8 heteroatoms. The van der Waals surface area contributed by atoms with Gasteiger partial charge < -0.3 is 9.30 Å². The van der Waals surface area contributed by atoms with Crippen molar-refractivity contribution in [3.05, 3.63) is 45.2 Å². The number of imidazole rings is 1. The number of methoxy groups -OCH3 is 1. The van der Waals surface area contributed by atoms with E-state index in [0.717, 1.165) is 5.69 Å². The van der Waals surface area contributed by atoms with Gasteiger partial charge in [0, 0.05) is 35.0 Å². The summed E-state index contributed by atoms with van der Waals surface area (Å²) in [4.78, 5) is 4.22. The summed E-state index contributed by atoms with van der Waals surface area (Å²) in [7, 11) is -2.13. The largest absolute Gasteiger partial charge is 0.383 e. The molecule has 1 heterocycles. The van der Waals surface area contributed by atoms with Gasteiger partial charge in [-0.2, -0.15) is 0 Å². The maximum absolute atomic E-state index is 12.8. The zero-order chi connectivity index (χ0) is 17.2. The van der Waals surface area contributed by atoms with Crippen molar-refractivity contribution >= 4 is 33.0 Å². The maximum atomic E-state index is 12.8. The van der Waals surface area contributed by atoms with Crippen LogP contribution in [-0.4, -0.2) is 31.7 Å². The fourth-order valence-electron chi connectivity index (χ4n) is 2.23. The minimum Gasteiger partial charge on any atom is -0.383 e. The van der Waals surface area contributed by atoms with Crippen LogP contribution in [0.5, 0.6) is 0 Å². The summed E-state index contributed by atoms with van der Waals surface area (Å²) in [6.45, 7) is 4.42. The van der Waals surface area contributed by atoms with Crippen LogP contribution in [0.2, 0.25) is 10.0 Å². The third-order valence-electron chi connectivity index (χ3n) is 3.62. The molecular formula is C15H18Cl2N2O3S. The van der Waals surface area contributed by atoms with Crippen LogP contribution in [0, 0.1) is 13.8 Å². The maximum Gasteiger partial charge on any atom is 0.228 e. The summed E-state index contributed by atoms with van der Waals surface area (Å²) < 4.78 is 32.3. The molecule has 2 aromatic rings. The summed E-state index contributed by atoms with van der Waals surface area (Å²) in [5, 5.41) is 0.662. The first-order valence-corrected chi connectivity index (χ1v) is 9.37. The van der Waals surface area contributed by atoms with Gasteiger partial charge in [0.1, 0.15) is 0 Å². The number of aryl methyl sites for hydroxylation is 1. The van der Waals surface area contributed by atoms with E-state index >= 15 is 0 Å². The fraction of sp³-hybridized carbons (Fsp3) is 0.400. The lowest BCUT2D eigenvalue weighted by Gasteiger charge is -2.11. The molecule has 0 N–H and O–H groups in total. The Balaban J connectivity index is 2.46. The first-order valence-electron chi connectivity index (χ1n) is 6.96. The first kappa shape index (κ1) is 18.3. The second-order valence-electron chi connectivity index (χ2n) is 5.17. The number of nitrogens with zero attached hydrogens (tertiary/aromatic N) is 2. The molecule has 0 aliphatic carbocycles. The molecule has 0 bridgehead atoms. The normalized spacial score (nSPS) is 11.9. The predicted octanol–water partition coefficient (Wildman–Crippen LogP) is 3.43. The summed E-state index contributed by atoms with van der Waals surface area (Å²) in [5.41, 5.74) is 1.85. The molecule has 126 valence electrons. The molecule has 1 aromatic heterocycles. The van der Waals surface area contributed by atoms with Crippen LogP contribution in [0.1, 0.15) is 17.0 Å². The molecular weight excluding hydrogens is 359 g/mol. The smallest absolute Gasteiger partial charge is 0.228 e. The Hall–Kier alpha value is -1.08. The van der Waals surface area contributed by atoms with Gasteiger partial charge in [0.2, 0.25) is 15.0 Å². The van der Waals surface area contributed by atoms with Gasteiger partial charge in [0.05, 0.1) is 18.1 Å². The van der Waals surface area contributed by atoms with Crippen LogP contribution in [0.3, 0.4) is 0 Å². The summed E-state index contributed by atoms with van der Waals surface area (Å²) in [5.74, 6) is -0.297. The van der Waals surface area contributed by atoms with E-state index in [2.05, 4.69) is 4.98 Å². The van der Waals surface area contributed by atoms with Crippen LogP contribution in [0.25, 0.3) is 0 Å². The molecule has 23 heavy (non-hydrogen) atoms. The number of sulfone groups is 1. The van der Waals surface area contributed by atoms with E-state index in [0.29, 0.717) is 34.5 Å². The molecule has 0 saturated carbocycles. The number of hydrogen-bond donors (Lipinski definition) is 0. The molecule has 5 nitrogen and oxygen atoms in total. The van der Waals surface area contributed by atoms with Gasteiger partial charge in [-0.1, -0.05) is 29.3 Å². The lowest BCUT2D eigenvalue weighted by atomic mass is 10.2. The van der Waals surface area contributed by atoms with Crippen LogP contribution in [-0.2, 0) is 26.9 Å². The molecule has 2 rings (SSSR count). The van der Waals surface area contributed by atoms with E-state index in [-0.39, 0.29) is 10.9 Å². The van der Waals surface area contributed by atoms with Gasteiger partial charge in [0.25, 0.3) is 0 Å². The van der Waals surface area contributed by atoms with Gasteiger partial charge in [0.15, 0.2) is 0 Å². The van der Waals surface area contributed by atoms with E-state index in [4.69, 9.17) is 27.9 Å². The summed E-state index contributed by atoms with van der Waals surface area (Å²) >= 11 is 12.2. The Bertz CT molecular complexity index is 796. The highest BCUT2D eigenvalue weighted by molar-refractivity contribution is 7.90. The lowest BCUT2D eigenvalue weighted by molar-refractivity contribution is 0.184. The van der Waals surface area contributed by atoms with Crippen molar-refractivity contribution in [2.45, 2.75) is 31.3 Å². The van der Waals surface area contributed by atoms with Crippen LogP contribution in [0.15, 0.2) is 23.4 Å². The van der Waals surface area contributed by atoms with Gasteiger partial charge >= 0.3 is 0 Å². The second-order valence-corrected chi connectivity index (χ2v) is 7.87. The zero-order valence-electron chi connectivity index (χ0n) is 13.1. The second kappa shape index (κ2) is 7.21. The van der Waals surface area contributed by atoms with E-state index in [1.165, 1.54) is 0 Å². The predicted molar refractivity (Wildman–Crippen MR) is 90.9 cm³/mol. The molecule has 0 radical (unpaired) electrons. The van der Waals surface area contributed by atoms with E-state index in [9.17, 15) is 8.42 Å². The van der Waals surface area contributed by atoms with Gasteiger partial charge in [-0.05, 0) is 26.0 Å². The van der Waals surface area contributed by atoms with Crippen molar-refractivity contribution in [1.29, 1.82) is 0 Å². The Morgan fingerprint density at radius 3 is 2.39 bits per heavy atom. The highest BCUT2D eigenvalue weighted by Crippen LogP contribution is 2.28. The standard InChI is InChI=1S/C15H18Cl2N2O3S/c1-10-11(2)19(7-8-22-3)15(18-10)23(20,21)9-12-13(16)5-4-6-14(12)17/h4-6H,7-9H2,1-3H3. The number of halogens is 2. The van der Waals surface area contributed by atoms with Crippen LogP contribution >= 0.6 is 23.2 Å². The van der Waals surface area contributed by atoms with E-state index in [1.54, 1.807) is 36.8 Å². The molecule has 0 unspecified atom stereocenters. The Kier molecular flexibility index (Phi) is 5.73. The Labute approximate surface area is 146 Å². The molecule has 0 atom stereocenters. The highest BCUT2D eigenvalue weighted by Gasteiger charge is 2.26. The average Bonchev–Trinajstić information content (AvgIpc) is 2.77. The van der Waals surface area contributed by atoms with Crippen molar-refractivity contribution in [3.63, 3.8) is 0 Å². The molecule has 0 amide bonds. The quantitative estimate of drug-likeness (QED) is 0.774. The van der Waals surface area contributed by atoms with Gasteiger partial charge in [-0.25, -0.2) is 13.4 Å². The van der Waals surface area contributed by atoms with Crippen LogP contribution < -0.4 is 0 Å². The number of benzene rings is 1. The van der Waals surface area contributed by atoms with Crippen molar-refractivity contribution in [1.82, 2.24) is 9.55 Å². The van der Waals surface area contributed by atoms with E-state index < -0.39 is 9.84 Å². The van der Waals surface area contributed by atoms with Crippen LogP contribution in [0.4, 0.5) is 0 Å². The highest BCUT2D eigenvalue weighted by atomic mass is 35.5. The topological polar surface area (TPSA) is 61.2 Å². The average molecular weight is 377 g/mol. The lowest BCUT2D eigenvalue weighted by Crippen LogP contribution is -2.16. The van der Waals surface area contributed by atoms with Gasteiger partial charge in [-0.3, -0.25) is 0 Å². The van der Waals surface area contributed by atoms with Crippen molar-refractivity contribution in [2.75, 3.05) is 13.7 Å². The SMILES string of the molecule is COCCn1c(S(=O)(=O)Cc2c(Cl)cccc2Cl)nc(C)c1C. The van der Waals surface area contributed by atoms with Crippen molar-refractivity contribution in [2.24, 2.45) is 0 Å². The fourth-order valence-corrected chi connectivity index (χ4v) is 4.58.